The van der Waals surface area contributed by atoms with Crippen LogP contribution in [0.15, 0.2) is 24.3 Å². The summed E-state index contributed by atoms with van der Waals surface area (Å²) in [6.45, 7) is 8.68. The summed E-state index contributed by atoms with van der Waals surface area (Å²) in [6.07, 6.45) is 2.00. The van der Waals surface area contributed by atoms with Gasteiger partial charge in [0.05, 0.1) is 10.6 Å². The van der Waals surface area contributed by atoms with E-state index in [4.69, 9.17) is 16.6 Å². The van der Waals surface area contributed by atoms with Gasteiger partial charge in [0.15, 0.2) is 0 Å². The number of carbonyl (C=O) groups excluding carboxylic acids is 2. The van der Waals surface area contributed by atoms with Crippen molar-refractivity contribution in [2.45, 2.75) is 45.6 Å². The Morgan fingerprint density at radius 3 is 2.47 bits per heavy atom. The van der Waals surface area contributed by atoms with Crippen LogP contribution in [0.2, 0.25) is 5.02 Å². The zero-order chi connectivity index (χ0) is 22.8. The molecular weight excluding hydrogens is 428 g/mol. The Bertz CT molecular complexity index is 1020. The molecule has 1 aliphatic heterocycles. The molecule has 0 bridgehead atoms. The summed E-state index contributed by atoms with van der Waals surface area (Å²) in [5, 5.41) is 6.19. The first-order valence-electron chi connectivity index (χ1n) is 11.1. The molecule has 1 aromatic carbocycles. The number of urea groups is 1. The van der Waals surface area contributed by atoms with E-state index in [-0.39, 0.29) is 23.9 Å². The summed E-state index contributed by atoms with van der Waals surface area (Å²) in [5.74, 6) is 1.80. The third-order valence-corrected chi connectivity index (χ3v) is 5.97. The molecule has 8 nitrogen and oxygen atoms in total. The molecule has 0 unspecified atom stereocenters. The largest absolute Gasteiger partial charge is 0.353 e. The van der Waals surface area contributed by atoms with Gasteiger partial charge in [0.2, 0.25) is 0 Å². The lowest BCUT2D eigenvalue weighted by Gasteiger charge is -2.35. The van der Waals surface area contributed by atoms with E-state index in [0.717, 1.165) is 30.2 Å². The van der Waals surface area contributed by atoms with Gasteiger partial charge in [-0.05, 0) is 38.0 Å². The monoisotopic (exact) mass is 456 g/mol. The molecule has 4 rings (SSSR count). The molecule has 170 valence electrons. The van der Waals surface area contributed by atoms with Crippen molar-refractivity contribution in [3.8, 4) is 0 Å². The van der Waals surface area contributed by atoms with E-state index >= 15 is 0 Å². The van der Waals surface area contributed by atoms with Crippen molar-refractivity contribution in [3.63, 3.8) is 0 Å². The molecule has 2 N–H and O–H groups in total. The number of halogens is 1. The second-order valence-corrected chi connectivity index (χ2v) is 9.13. The van der Waals surface area contributed by atoms with Crippen LogP contribution in [0.5, 0.6) is 0 Å². The van der Waals surface area contributed by atoms with Crippen molar-refractivity contribution in [2.24, 2.45) is 0 Å². The van der Waals surface area contributed by atoms with Crippen LogP contribution in [0.3, 0.4) is 0 Å². The Morgan fingerprint density at radius 2 is 1.81 bits per heavy atom. The molecule has 3 amide bonds. The molecule has 9 heteroatoms. The molecule has 1 aromatic heterocycles. The van der Waals surface area contributed by atoms with Crippen molar-refractivity contribution in [1.82, 2.24) is 20.2 Å². The summed E-state index contributed by atoms with van der Waals surface area (Å²) in [7, 11) is 0. The average Bonchev–Trinajstić information content (AvgIpc) is 3.58. The second-order valence-electron chi connectivity index (χ2n) is 8.73. The van der Waals surface area contributed by atoms with Gasteiger partial charge in [-0.1, -0.05) is 25.4 Å². The van der Waals surface area contributed by atoms with E-state index in [2.05, 4.69) is 34.4 Å². The first-order chi connectivity index (χ1) is 15.3. The summed E-state index contributed by atoms with van der Waals surface area (Å²) >= 11 is 6.20. The minimum absolute atomic E-state index is 0.192. The lowest BCUT2D eigenvalue weighted by atomic mass is 10.2. The number of hydrogen-bond donors (Lipinski definition) is 2. The minimum atomic E-state index is -0.205. The lowest BCUT2D eigenvalue weighted by Crippen LogP contribution is -2.50. The molecule has 1 saturated heterocycles. The first kappa shape index (κ1) is 22.3. The third kappa shape index (κ3) is 5.30. The van der Waals surface area contributed by atoms with Crippen molar-refractivity contribution in [3.05, 3.63) is 46.4 Å². The van der Waals surface area contributed by atoms with E-state index < -0.39 is 0 Å². The Morgan fingerprint density at radius 1 is 1.09 bits per heavy atom. The van der Waals surface area contributed by atoms with Crippen LogP contribution in [0.4, 0.5) is 16.3 Å². The molecule has 0 radical (unpaired) electrons. The van der Waals surface area contributed by atoms with Gasteiger partial charge in [-0.25, -0.2) is 14.8 Å². The van der Waals surface area contributed by atoms with Gasteiger partial charge in [0.1, 0.15) is 11.6 Å². The Hall–Kier alpha value is -2.87. The van der Waals surface area contributed by atoms with Crippen LogP contribution in [0.25, 0.3) is 0 Å². The number of piperazine rings is 1. The fourth-order valence-corrected chi connectivity index (χ4v) is 3.81. The molecular formula is C23H29ClN6O2. The lowest BCUT2D eigenvalue weighted by molar-refractivity contribution is 0.0951. The summed E-state index contributed by atoms with van der Waals surface area (Å²) in [6, 6.07) is 7.02. The van der Waals surface area contributed by atoms with Gasteiger partial charge in [-0.2, -0.15) is 0 Å². The number of hydrogen-bond acceptors (Lipinski definition) is 5. The predicted octanol–water partition coefficient (Wildman–Crippen LogP) is 3.81. The van der Waals surface area contributed by atoms with Crippen LogP contribution in [-0.4, -0.2) is 59.0 Å². The fourth-order valence-electron chi connectivity index (χ4n) is 3.60. The van der Waals surface area contributed by atoms with Crippen LogP contribution < -0.4 is 15.5 Å². The average molecular weight is 457 g/mol. The summed E-state index contributed by atoms with van der Waals surface area (Å²) < 4.78 is 0. The zero-order valence-corrected chi connectivity index (χ0v) is 19.4. The number of carbonyl (C=O) groups is 2. The Labute approximate surface area is 193 Å². The van der Waals surface area contributed by atoms with E-state index in [1.807, 2.05) is 13.0 Å². The van der Waals surface area contributed by atoms with Gasteiger partial charge in [-0.3, -0.25) is 4.79 Å². The van der Waals surface area contributed by atoms with E-state index in [1.54, 1.807) is 23.1 Å². The molecule has 2 heterocycles. The molecule has 1 aliphatic carbocycles. The number of benzene rings is 1. The van der Waals surface area contributed by atoms with Gasteiger partial charge in [0, 0.05) is 55.6 Å². The smallest absolute Gasteiger partial charge is 0.321 e. The van der Waals surface area contributed by atoms with Crippen molar-refractivity contribution >= 4 is 35.0 Å². The number of amides is 3. The van der Waals surface area contributed by atoms with Crippen molar-refractivity contribution < 1.29 is 9.59 Å². The quantitative estimate of drug-likeness (QED) is 0.714. The third-order valence-electron chi connectivity index (χ3n) is 5.64. The van der Waals surface area contributed by atoms with E-state index in [9.17, 15) is 9.59 Å². The molecule has 2 aromatic rings. The SMILES string of the molecule is Cc1cc(N2CCN(C(=O)Nc3ccc(Cl)c(C(=O)NC4CC4)c3)CC2)nc(C(C)C)n1. The van der Waals surface area contributed by atoms with Crippen molar-refractivity contribution in [2.75, 3.05) is 36.4 Å². The van der Waals surface area contributed by atoms with E-state index in [1.165, 1.54) is 0 Å². The number of aryl methyl sites for hydroxylation is 1. The van der Waals surface area contributed by atoms with Gasteiger partial charge < -0.3 is 20.4 Å². The molecule has 0 atom stereocenters. The first-order valence-corrected chi connectivity index (χ1v) is 11.4. The highest BCUT2D eigenvalue weighted by atomic mass is 35.5. The number of rotatable bonds is 5. The van der Waals surface area contributed by atoms with Crippen LogP contribution >= 0.6 is 11.6 Å². The van der Waals surface area contributed by atoms with Gasteiger partial charge in [0.25, 0.3) is 5.91 Å². The molecule has 1 saturated carbocycles. The van der Waals surface area contributed by atoms with E-state index in [0.29, 0.717) is 42.5 Å². The minimum Gasteiger partial charge on any atom is -0.353 e. The number of nitrogens with one attached hydrogen (secondary N) is 2. The molecule has 0 spiro atoms. The number of anilines is 2. The molecule has 32 heavy (non-hydrogen) atoms. The normalized spacial score (nSPS) is 16.3. The second kappa shape index (κ2) is 9.32. The highest BCUT2D eigenvalue weighted by Crippen LogP contribution is 2.24. The highest BCUT2D eigenvalue weighted by molar-refractivity contribution is 6.34. The number of aromatic nitrogens is 2. The van der Waals surface area contributed by atoms with Gasteiger partial charge >= 0.3 is 6.03 Å². The Balaban J connectivity index is 1.36. The highest BCUT2D eigenvalue weighted by Gasteiger charge is 2.26. The van der Waals surface area contributed by atoms with Gasteiger partial charge in [-0.15, -0.1) is 0 Å². The Kier molecular flexibility index (Phi) is 6.50. The zero-order valence-electron chi connectivity index (χ0n) is 18.7. The van der Waals surface area contributed by atoms with Crippen LogP contribution in [0.1, 0.15) is 54.5 Å². The predicted molar refractivity (Wildman–Crippen MR) is 126 cm³/mol. The van der Waals surface area contributed by atoms with Crippen LogP contribution in [-0.2, 0) is 0 Å². The number of nitrogens with zero attached hydrogens (tertiary/aromatic N) is 4. The fraction of sp³-hybridized carbons (Fsp3) is 0.478. The maximum absolute atomic E-state index is 12.8. The summed E-state index contributed by atoms with van der Waals surface area (Å²) in [5.41, 5.74) is 1.88. The topological polar surface area (TPSA) is 90.5 Å². The van der Waals surface area contributed by atoms with Crippen molar-refractivity contribution in [1.29, 1.82) is 0 Å². The standard InChI is InChI=1S/C23H29ClN6O2/c1-14(2)21-25-15(3)12-20(28-21)29-8-10-30(11-9-29)23(32)27-17-6-7-19(24)18(13-17)22(31)26-16-4-5-16/h6-7,12-14,16H,4-5,8-11H2,1-3H3,(H,26,31)(H,27,32). The maximum Gasteiger partial charge on any atom is 0.321 e. The molecule has 2 aliphatic rings. The summed E-state index contributed by atoms with van der Waals surface area (Å²) in [4.78, 5) is 38.4. The molecule has 2 fully saturated rings. The maximum atomic E-state index is 12.8. The van der Waals surface area contributed by atoms with Crippen LogP contribution in [0, 0.1) is 6.92 Å².